The molecule has 1 saturated carbocycles. The Balaban J connectivity index is 2.41. The first-order chi connectivity index (χ1) is 6.97. The van der Waals surface area contributed by atoms with Crippen molar-refractivity contribution in [3.05, 3.63) is 35.6 Å². The molecule has 1 aromatic carbocycles. The van der Waals surface area contributed by atoms with E-state index in [9.17, 15) is 13.2 Å². The van der Waals surface area contributed by atoms with Gasteiger partial charge in [-0.1, -0.05) is 18.2 Å². The van der Waals surface area contributed by atoms with E-state index < -0.39 is 22.8 Å². The van der Waals surface area contributed by atoms with Gasteiger partial charge >= 0.3 is 0 Å². The summed E-state index contributed by atoms with van der Waals surface area (Å²) < 4.78 is 41.0. The van der Waals surface area contributed by atoms with Crippen molar-refractivity contribution in [2.45, 2.75) is 30.7 Å². The molecule has 0 spiro atoms. The number of rotatable bonds is 2. The maximum atomic E-state index is 13.9. The highest BCUT2D eigenvalue weighted by atomic mass is 19.3. The Morgan fingerprint density at radius 1 is 1.20 bits per heavy atom. The molecule has 2 rings (SSSR count). The van der Waals surface area contributed by atoms with Crippen molar-refractivity contribution in [1.82, 2.24) is 0 Å². The first kappa shape index (κ1) is 10.5. The minimum Gasteiger partial charge on any atom is -0.320 e. The standard InChI is InChI=1S/C11H12F3N/c12-9-5-2-1-4-8(9)11(13,14)10(15)6-3-7-10/h1-2,4-5H,3,6-7,15H2. The molecule has 1 aliphatic carbocycles. The molecule has 1 aromatic rings. The van der Waals surface area contributed by atoms with Crippen LogP contribution in [0, 0.1) is 5.82 Å². The highest BCUT2D eigenvalue weighted by molar-refractivity contribution is 5.27. The van der Waals surface area contributed by atoms with Crippen LogP contribution < -0.4 is 5.73 Å². The lowest BCUT2D eigenvalue weighted by molar-refractivity contribution is -0.115. The minimum atomic E-state index is -3.28. The Kier molecular flexibility index (Phi) is 2.26. The smallest absolute Gasteiger partial charge is 0.293 e. The number of alkyl halides is 2. The molecule has 1 nitrogen and oxygen atoms in total. The molecular formula is C11H12F3N. The van der Waals surface area contributed by atoms with Gasteiger partial charge in [0.15, 0.2) is 0 Å². The first-order valence-electron chi connectivity index (χ1n) is 4.89. The summed E-state index contributed by atoms with van der Waals surface area (Å²) in [5.74, 6) is -4.17. The van der Waals surface area contributed by atoms with Crippen LogP contribution in [0.5, 0.6) is 0 Å². The molecule has 0 aliphatic heterocycles. The van der Waals surface area contributed by atoms with Crippen LogP contribution in [0.4, 0.5) is 13.2 Å². The van der Waals surface area contributed by atoms with E-state index in [4.69, 9.17) is 5.73 Å². The van der Waals surface area contributed by atoms with Gasteiger partial charge in [-0.05, 0) is 25.3 Å². The van der Waals surface area contributed by atoms with Gasteiger partial charge in [-0.15, -0.1) is 0 Å². The zero-order valence-corrected chi connectivity index (χ0v) is 8.14. The van der Waals surface area contributed by atoms with E-state index in [0.29, 0.717) is 6.42 Å². The maximum Gasteiger partial charge on any atom is 0.293 e. The van der Waals surface area contributed by atoms with Crippen molar-refractivity contribution in [2.75, 3.05) is 0 Å². The molecule has 0 saturated heterocycles. The van der Waals surface area contributed by atoms with Gasteiger partial charge < -0.3 is 5.73 Å². The number of hydrogen-bond acceptors (Lipinski definition) is 1. The minimum absolute atomic E-state index is 0.244. The Morgan fingerprint density at radius 2 is 1.80 bits per heavy atom. The van der Waals surface area contributed by atoms with Crippen LogP contribution in [0.2, 0.25) is 0 Å². The van der Waals surface area contributed by atoms with E-state index in [1.165, 1.54) is 12.1 Å². The van der Waals surface area contributed by atoms with Crippen molar-refractivity contribution in [3.8, 4) is 0 Å². The number of benzene rings is 1. The predicted octanol–water partition coefficient (Wildman–Crippen LogP) is 2.80. The Bertz CT molecular complexity index is 372. The fourth-order valence-corrected chi connectivity index (χ4v) is 1.86. The van der Waals surface area contributed by atoms with Crippen LogP contribution in [0.1, 0.15) is 24.8 Å². The molecule has 1 fully saturated rings. The second kappa shape index (κ2) is 3.23. The highest BCUT2D eigenvalue weighted by Crippen LogP contribution is 2.48. The van der Waals surface area contributed by atoms with Crippen molar-refractivity contribution in [1.29, 1.82) is 0 Å². The average Bonchev–Trinajstić information content (AvgIpc) is 2.14. The molecule has 2 N–H and O–H groups in total. The van der Waals surface area contributed by atoms with E-state index in [1.54, 1.807) is 0 Å². The zero-order valence-electron chi connectivity index (χ0n) is 8.14. The zero-order chi connectivity index (χ0) is 11.1. The SMILES string of the molecule is NC1(C(F)(F)c2ccccc2F)CCC1. The molecular weight excluding hydrogens is 203 g/mol. The van der Waals surface area contributed by atoms with Gasteiger partial charge in [0, 0.05) is 0 Å². The van der Waals surface area contributed by atoms with E-state index in [-0.39, 0.29) is 12.8 Å². The van der Waals surface area contributed by atoms with Gasteiger partial charge in [0.25, 0.3) is 5.92 Å². The third-order valence-electron chi connectivity index (χ3n) is 3.08. The van der Waals surface area contributed by atoms with Crippen LogP contribution in [0.15, 0.2) is 24.3 Å². The van der Waals surface area contributed by atoms with Crippen LogP contribution >= 0.6 is 0 Å². The lowest BCUT2D eigenvalue weighted by atomic mass is 9.71. The second-order valence-electron chi connectivity index (χ2n) is 4.06. The summed E-state index contributed by atoms with van der Waals surface area (Å²) in [6.45, 7) is 0. The summed E-state index contributed by atoms with van der Waals surface area (Å²) in [5.41, 5.74) is 3.41. The molecule has 0 heterocycles. The summed E-state index contributed by atoms with van der Waals surface area (Å²) in [4.78, 5) is 0. The first-order valence-corrected chi connectivity index (χ1v) is 4.89. The molecule has 0 radical (unpaired) electrons. The molecule has 82 valence electrons. The number of nitrogens with two attached hydrogens (primary N) is 1. The van der Waals surface area contributed by atoms with E-state index in [2.05, 4.69) is 0 Å². The lowest BCUT2D eigenvalue weighted by Gasteiger charge is -2.44. The van der Waals surface area contributed by atoms with Gasteiger partial charge in [-0.3, -0.25) is 0 Å². The highest BCUT2D eigenvalue weighted by Gasteiger charge is 2.56. The molecule has 0 aromatic heterocycles. The van der Waals surface area contributed by atoms with Crippen LogP contribution in [0.25, 0.3) is 0 Å². The Morgan fingerprint density at radius 3 is 2.27 bits per heavy atom. The van der Waals surface area contributed by atoms with Gasteiger partial charge in [0.2, 0.25) is 0 Å². The summed E-state index contributed by atoms with van der Waals surface area (Å²) in [5, 5.41) is 0. The fraction of sp³-hybridized carbons (Fsp3) is 0.455. The molecule has 1 aliphatic rings. The molecule has 15 heavy (non-hydrogen) atoms. The summed E-state index contributed by atoms with van der Waals surface area (Å²) in [6.07, 6.45) is 1.17. The van der Waals surface area contributed by atoms with Gasteiger partial charge in [0.1, 0.15) is 5.82 Å². The summed E-state index contributed by atoms with van der Waals surface area (Å²) >= 11 is 0. The van der Waals surface area contributed by atoms with Crippen LogP contribution in [0.3, 0.4) is 0 Å². The lowest BCUT2D eigenvalue weighted by Crippen LogP contribution is -2.58. The monoisotopic (exact) mass is 215 g/mol. The van der Waals surface area contributed by atoms with E-state index in [0.717, 1.165) is 12.1 Å². The van der Waals surface area contributed by atoms with Crippen molar-refractivity contribution in [2.24, 2.45) is 5.73 Å². The molecule has 0 atom stereocenters. The quantitative estimate of drug-likeness (QED) is 0.806. The van der Waals surface area contributed by atoms with E-state index in [1.807, 2.05) is 0 Å². The van der Waals surface area contributed by atoms with Gasteiger partial charge in [-0.2, -0.15) is 8.78 Å². The molecule has 0 amide bonds. The second-order valence-corrected chi connectivity index (χ2v) is 4.06. The van der Waals surface area contributed by atoms with Crippen molar-refractivity contribution >= 4 is 0 Å². The van der Waals surface area contributed by atoms with Crippen molar-refractivity contribution in [3.63, 3.8) is 0 Å². The fourth-order valence-electron chi connectivity index (χ4n) is 1.86. The molecule has 0 bridgehead atoms. The third kappa shape index (κ3) is 1.44. The number of halogens is 3. The summed E-state index contributed by atoms with van der Waals surface area (Å²) in [7, 11) is 0. The Labute approximate surface area is 86.1 Å². The Hall–Kier alpha value is -1.03. The molecule has 4 heteroatoms. The average molecular weight is 215 g/mol. The van der Waals surface area contributed by atoms with Crippen LogP contribution in [-0.2, 0) is 5.92 Å². The van der Waals surface area contributed by atoms with Crippen molar-refractivity contribution < 1.29 is 13.2 Å². The van der Waals surface area contributed by atoms with Crippen LogP contribution in [-0.4, -0.2) is 5.54 Å². The third-order valence-corrected chi connectivity index (χ3v) is 3.08. The normalized spacial score (nSPS) is 19.7. The predicted molar refractivity (Wildman–Crippen MR) is 51.1 cm³/mol. The maximum absolute atomic E-state index is 13.9. The summed E-state index contributed by atoms with van der Waals surface area (Å²) in [6, 6.07) is 4.92. The largest absolute Gasteiger partial charge is 0.320 e. The topological polar surface area (TPSA) is 26.0 Å². The van der Waals surface area contributed by atoms with Gasteiger partial charge in [-0.25, -0.2) is 4.39 Å². The molecule has 0 unspecified atom stereocenters. The number of hydrogen-bond donors (Lipinski definition) is 1. The van der Waals surface area contributed by atoms with Gasteiger partial charge in [0.05, 0.1) is 11.1 Å². The van der Waals surface area contributed by atoms with E-state index >= 15 is 0 Å².